The normalized spacial score (nSPS) is 19.6. The summed E-state index contributed by atoms with van der Waals surface area (Å²) < 4.78 is 5.85. The number of carbonyl (C=O) groups is 1. The van der Waals surface area contributed by atoms with Crippen LogP contribution in [0.1, 0.15) is 12.0 Å². The van der Waals surface area contributed by atoms with Gasteiger partial charge in [-0.3, -0.25) is 4.79 Å². The van der Waals surface area contributed by atoms with E-state index in [0.717, 1.165) is 0 Å². The lowest BCUT2D eigenvalue weighted by Gasteiger charge is -2.37. The number of carbonyl (C=O) groups excluding carboxylic acids is 1. The zero-order valence-corrected chi connectivity index (χ0v) is 13.0. The smallest absolute Gasteiger partial charge is 0.266 e. The number of anilines is 1. The third-order valence-electron chi connectivity index (χ3n) is 4.10. The van der Waals surface area contributed by atoms with Gasteiger partial charge >= 0.3 is 0 Å². The number of hydrogen-bond acceptors (Lipinski definition) is 4. The number of allylic oxidation sites excluding steroid dienone is 1. The number of para-hydroxylation sites is 1. The maximum Gasteiger partial charge on any atom is 0.266 e. The van der Waals surface area contributed by atoms with Crippen molar-refractivity contribution >= 4 is 11.6 Å². The minimum absolute atomic E-state index is 0.00502. The molecule has 1 aliphatic rings. The Morgan fingerprint density at radius 2 is 1.96 bits per heavy atom. The molecule has 116 valence electrons. The molecular weight excluding hydrogens is 290 g/mol. The van der Waals surface area contributed by atoms with Crippen molar-refractivity contribution in [2.24, 2.45) is 5.41 Å². The predicted molar refractivity (Wildman–Crippen MR) is 86.2 cm³/mol. The third kappa shape index (κ3) is 2.06. The Labute approximate surface area is 135 Å². The maximum atomic E-state index is 13.1. The van der Waals surface area contributed by atoms with Crippen LogP contribution in [0.15, 0.2) is 49.6 Å². The van der Waals surface area contributed by atoms with Crippen LogP contribution in [-0.4, -0.2) is 19.6 Å². The number of ether oxygens (including phenoxy) is 1. The summed E-state index contributed by atoms with van der Waals surface area (Å²) in [5.74, 6) is -0.439. The van der Waals surface area contributed by atoms with Gasteiger partial charge in [-0.1, -0.05) is 30.4 Å². The molecule has 5 nitrogen and oxygen atoms in total. The van der Waals surface area contributed by atoms with Gasteiger partial charge in [-0.05, 0) is 6.07 Å². The maximum absolute atomic E-state index is 13.1. The fourth-order valence-corrected chi connectivity index (χ4v) is 3.02. The molecule has 0 fully saturated rings. The lowest BCUT2D eigenvalue weighted by Crippen LogP contribution is -2.53. The Morgan fingerprint density at radius 3 is 2.52 bits per heavy atom. The first-order chi connectivity index (χ1) is 11.0. The van der Waals surface area contributed by atoms with Crippen molar-refractivity contribution in [2.45, 2.75) is 12.0 Å². The van der Waals surface area contributed by atoms with Crippen LogP contribution in [0.5, 0.6) is 0 Å². The van der Waals surface area contributed by atoms with Gasteiger partial charge in [-0.25, -0.2) is 0 Å². The first-order valence-corrected chi connectivity index (χ1v) is 7.10. The van der Waals surface area contributed by atoms with Gasteiger partial charge in [0.05, 0.1) is 24.4 Å². The molecule has 0 unspecified atom stereocenters. The lowest BCUT2D eigenvalue weighted by atomic mass is 9.68. The highest BCUT2D eigenvalue weighted by Crippen LogP contribution is 2.53. The second kappa shape index (κ2) is 6.08. The van der Waals surface area contributed by atoms with Crippen LogP contribution < -0.4 is 4.90 Å². The van der Waals surface area contributed by atoms with E-state index in [9.17, 15) is 15.3 Å². The summed E-state index contributed by atoms with van der Waals surface area (Å²) in [5.41, 5.74) is -2.28. The van der Waals surface area contributed by atoms with Crippen molar-refractivity contribution in [3.8, 4) is 12.1 Å². The molecule has 1 heterocycles. The highest BCUT2D eigenvalue weighted by Gasteiger charge is 2.65. The summed E-state index contributed by atoms with van der Waals surface area (Å²) in [6.07, 6.45) is 2.95. The number of nitriles is 2. The number of likely N-dealkylation sites (N-methyl/N-ethyl adjacent to an activating group) is 1. The molecular formula is C18H17N3O2. The van der Waals surface area contributed by atoms with E-state index in [1.54, 1.807) is 31.3 Å². The van der Waals surface area contributed by atoms with E-state index in [0.29, 0.717) is 11.3 Å². The van der Waals surface area contributed by atoms with Crippen molar-refractivity contribution < 1.29 is 9.53 Å². The fourth-order valence-electron chi connectivity index (χ4n) is 3.02. The molecule has 0 bridgehead atoms. The zero-order chi connectivity index (χ0) is 17.1. The monoisotopic (exact) mass is 307 g/mol. The van der Waals surface area contributed by atoms with E-state index < -0.39 is 16.9 Å². The van der Waals surface area contributed by atoms with Crippen LogP contribution in [0.4, 0.5) is 5.69 Å². The zero-order valence-electron chi connectivity index (χ0n) is 13.0. The number of hydrogen-bond donors (Lipinski definition) is 0. The second-order valence-corrected chi connectivity index (χ2v) is 5.28. The summed E-state index contributed by atoms with van der Waals surface area (Å²) in [7, 11) is 1.60. The van der Waals surface area contributed by atoms with Gasteiger partial charge in [0.1, 0.15) is 0 Å². The lowest BCUT2D eigenvalue weighted by molar-refractivity contribution is -0.152. The van der Waals surface area contributed by atoms with E-state index in [1.165, 1.54) is 17.1 Å². The number of rotatable bonds is 6. The predicted octanol–water partition coefficient (Wildman–Crippen LogP) is 2.67. The number of nitrogens with zero attached hydrogens (tertiary/aromatic N) is 3. The van der Waals surface area contributed by atoms with Crippen molar-refractivity contribution in [1.82, 2.24) is 0 Å². The minimum Gasteiger partial charge on any atom is -0.354 e. The van der Waals surface area contributed by atoms with Crippen LogP contribution >= 0.6 is 0 Å². The molecule has 0 saturated carbocycles. The summed E-state index contributed by atoms with van der Waals surface area (Å²) in [6, 6.07) is 11.0. The number of amides is 1. The van der Waals surface area contributed by atoms with Crippen LogP contribution in [0.2, 0.25) is 0 Å². The molecule has 0 N–H and O–H groups in total. The Hall–Kier alpha value is -2.89. The molecule has 1 atom stereocenters. The molecule has 5 heteroatoms. The van der Waals surface area contributed by atoms with Crippen molar-refractivity contribution in [1.29, 1.82) is 10.5 Å². The average molecular weight is 307 g/mol. The number of benzene rings is 1. The van der Waals surface area contributed by atoms with Gasteiger partial charge < -0.3 is 9.64 Å². The fraction of sp³-hybridized carbons (Fsp3) is 0.278. The topological polar surface area (TPSA) is 77.1 Å². The van der Waals surface area contributed by atoms with Crippen molar-refractivity contribution in [3.63, 3.8) is 0 Å². The quantitative estimate of drug-likeness (QED) is 0.757. The first-order valence-electron chi connectivity index (χ1n) is 7.10. The van der Waals surface area contributed by atoms with E-state index in [1.807, 2.05) is 12.1 Å². The molecule has 1 aromatic rings. The minimum atomic E-state index is -1.71. The molecule has 1 aromatic carbocycles. The van der Waals surface area contributed by atoms with Gasteiger partial charge in [0, 0.05) is 19.0 Å². The summed E-state index contributed by atoms with van der Waals surface area (Å²) >= 11 is 0. The summed E-state index contributed by atoms with van der Waals surface area (Å²) in [4.78, 5) is 14.5. The van der Waals surface area contributed by atoms with E-state index in [-0.39, 0.29) is 13.0 Å². The molecule has 1 amide bonds. The second-order valence-electron chi connectivity index (χ2n) is 5.28. The van der Waals surface area contributed by atoms with Crippen molar-refractivity contribution in [2.75, 3.05) is 18.6 Å². The first kappa shape index (κ1) is 16.5. The molecule has 0 radical (unpaired) electrons. The highest BCUT2D eigenvalue weighted by atomic mass is 16.5. The number of fused-ring (bicyclic) bond motifs is 1. The van der Waals surface area contributed by atoms with E-state index >= 15 is 0 Å². The Bertz CT molecular complexity index is 727. The summed E-state index contributed by atoms with van der Waals surface area (Å²) in [6.45, 7) is 7.26. The van der Waals surface area contributed by atoms with Crippen LogP contribution in [-0.2, 0) is 15.1 Å². The molecule has 0 aliphatic carbocycles. The SMILES string of the molecule is C=CCO[C@@]1(C(C#N)(C#N)CC=C)C(=O)N(C)c2ccccc21. The molecule has 0 aromatic heterocycles. The van der Waals surface area contributed by atoms with Gasteiger partial charge in [0.15, 0.2) is 5.41 Å². The standard InChI is InChI=1S/C18H17N3O2/c1-4-10-17(12-19,13-20)18(23-11-5-2)14-8-6-7-9-15(14)21(3)16(18)22/h4-9H,1-2,10-11H2,3H3/t18-/m1/s1. The van der Waals surface area contributed by atoms with Gasteiger partial charge in [0.25, 0.3) is 5.91 Å². The molecule has 23 heavy (non-hydrogen) atoms. The molecule has 0 saturated heterocycles. The van der Waals surface area contributed by atoms with Gasteiger partial charge in [-0.2, -0.15) is 10.5 Å². The van der Waals surface area contributed by atoms with Gasteiger partial charge in [0.2, 0.25) is 5.60 Å². The van der Waals surface area contributed by atoms with Crippen molar-refractivity contribution in [3.05, 3.63) is 55.1 Å². The molecule has 2 rings (SSSR count). The molecule has 1 aliphatic heterocycles. The Balaban J connectivity index is 2.83. The largest absolute Gasteiger partial charge is 0.354 e. The van der Waals surface area contributed by atoms with E-state index in [4.69, 9.17) is 4.74 Å². The Morgan fingerprint density at radius 1 is 1.30 bits per heavy atom. The highest BCUT2D eigenvalue weighted by molar-refractivity contribution is 6.08. The average Bonchev–Trinajstić information content (AvgIpc) is 2.81. The van der Waals surface area contributed by atoms with Crippen LogP contribution in [0, 0.1) is 28.1 Å². The molecule has 0 spiro atoms. The van der Waals surface area contributed by atoms with Crippen LogP contribution in [0.3, 0.4) is 0 Å². The summed E-state index contributed by atoms with van der Waals surface area (Å²) in [5, 5.41) is 19.5. The third-order valence-corrected chi connectivity index (χ3v) is 4.10. The van der Waals surface area contributed by atoms with Crippen LogP contribution in [0.25, 0.3) is 0 Å². The van der Waals surface area contributed by atoms with Gasteiger partial charge in [-0.15, -0.1) is 13.2 Å². The van der Waals surface area contributed by atoms with E-state index in [2.05, 4.69) is 13.2 Å². The Kier molecular flexibility index (Phi) is 4.36.